The Hall–Kier alpha value is -3.04. The smallest absolute Gasteiger partial charge is 0.214 e. The zero-order chi connectivity index (χ0) is 33.5. The third-order valence-electron chi connectivity index (χ3n) is 8.13. The van der Waals surface area contributed by atoms with Crippen LogP contribution in [0.2, 0.25) is 0 Å². The Morgan fingerprint density at radius 2 is 1.50 bits per heavy atom. The Labute approximate surface area is 261 Å². The zero-order valence-electron chi connectivity index (χ0n) is 24.4. The molecule has 17 heteroatoms. The molecular weight excluding hydrogens is 620 g/mol. The van der Waals surface area contributed by atoms with Crippen LogP contribution in [0.25, 0.3) is 0 Å². The highest BCUT2D eigenvalue weighted by molar-refractivity contribution is 5.53. The van der Waals surface area contributed by atoms with Gasteiger partial charge in [-0.2, -0.15) is 0 Å². The van der Waals surface area contributed by atoms with E-state index < -0.39 is 97.8 Å². The standard InChI is InChI=1S/C29H38O17/c1-11-20(34)22(36)24(38)27(43-11)42-10-19-21(35)23(37)25(39)28(45-19)46-29(40)9-14-16(32)7-13(41-5-4-30)8-18(14)44-26(29)12-2-3-15(31)17(33)6-12/h2-3,6-8,11,19-28,30-40H,4-5,9-10H2,1H3/t11-,19+,20-,21+,22+,23-,24+,25+,26?,27+,28-,29?/m0/s1. The molecule has 0 radical (unpaired) electrons. The molecule has 2 unspecified atom stereocenters. The van der Waals surface area contributed by atoms with E-state index in [-0.39, 0.29) is 41.6 Å². The maximum atomic E-state index is 11.9. The van der Waals surface area contributed by atoms with E-state index in [1.807, 2.05) is 0 Å². The molecule has 3 aliphatic rings. The van der Waals surface area contributed by atoms with Crippen molar-refractivity contribution in [2.45, 2.75) is 86.6 Å². The lowest BCUT2D eigenvalue weighted by molar-refractivity contribution is -0.383. The molecule has 0 spiro atoms. The van der Waals surface area contributed by atoms with Crippen LogP contribution in [0.5, 0.6) is 28.7 Å². The van der Waals surface area contributed by atoms with E-state index in [1.165, 1.54) is 25.1 Å². The summed E-state index contributed by atoms with van der Waals surface area (Å²) in [4.78, 5) is 0. The summed E-state index contributed by atoms with van der Waals surface area (Å²) in [5.74, 6) is -3.80. The van der Waals surface area contributed by atoms with Gasteiger partial charge in [-0.05, 0) is 19.1 Å². The molecule has 3 aliphatic heterocycles. The van der Waals surface area contributed by atoms with Crippen LogP contribution in [0.4, 0.5) is 0 Å². The first-order chi connectivity index (χ1) is 21.7. The van der Waals surface area contributed by atoms with Gasteiger partial charge in [-0.25, -0.2) is 0 Å². The molecule has 2 aromatic carbocycles. The Balaban J connectivity index is 1.41. The predicted molar refractivity (Wildman–Crippen MR) is 149 cm³/mol. The molecule has 2 fully saturated rings. The number of ether oxygens (including phenoxy) is 6. The quantitative estimate of drug-likeness (QED) is 0.0959. The first kappa shape index (κ1) is 34.3. The van der Waals surface area contributed by atoms with Gasteiger partial charge >= 0.3 is 0 Å². The van der Waals surface area contributed by atoms with Gasteiger partial charge in [0.05, 0.1) is 19.3 Å². The monoisotopic (exact) mass is 658 g/mol. The Bertz CT molecular complexity index is 1360. The topological polar surface area (TPSA) is 278 Å². The number of rotatable bonds is 9. The molecule has 0 aromatic heterocycles. The summed E-state index contributed by atoms with van der Waals surface area (Å²) in [6.07, 6.45) is -18.1. The number of aromatic hydroxyl groups is 3. The highest BCUT2D eigenvalue weighted by atomic mass is 16.8. The lowest BCUT2D eigenvalue weighted by Gasteiger charge is -2.47. The fourth-order valence-electron chi connectivity index (χ4n) is 5.53. The summed E-state index contributed by atoms with van der Waals surface area (Å²) in [6.45, 7) is 0.440. The van der Waals surface area contributed by atoms with Crippen LogP contribution in [-0.2, 0) is 25.4 Å². The van der Waals surface area contributed by atoms with Crippen molar-refractivity contribution in [2.24, 2.45) is 0 Å². The number of phenolic OH excluding ortho intramolecular Hbond substituents is 3. The fraction of sp³-hybridized carbons (Fsp3) is 0.586. The minimum absolute atomic E-state index is 0.0261. The van der Waals surface area contributed by atoms with E-state index in [0.717, 1.165) is 12.1 Å². The number of hydrogen-bond acceptors (Lipinski definition) is 17. The van der Waals surface area contributed by atoms with E-state index in [4.69, 9.17) is 33.5 Å². The van der Waals surface area contributed by atoms with Crippen LogP contribution in [0.1, 0.15) is 24.2 Å². The van der Waals surface area contributed by atoms with Gasteiger partial charge in [-0.1, -0.05) is 6.07 Å². The molecule has 5 rings (SSSR count). The minimum Gasteiger partial charge on any atom is -0.507 e. The number of aliphatic hydroxyl groups excluding tert-OH is 7. The van der Waals surface area contributed by atoms with Crippen molar-refractivity contribution < 1.29 is 84.6 Å². The van der Waals surface area contributed by atoms with Gasteiger partial charge < -0.3 is 84.6 Å². The molecule has 0 amide bonds. The van der Waals surface area contributed by atoms with Crippen LogP contribution in [0.15, 0.2) is 30.3 Å². The van der Waals surface area contributed by atoms with Crippen LogP contribution >= 0.6 is 0 Å². The summed E-state index contributed by atoms with van der Waals surface area (Å²) in [5, 5.41) is 114. The molecule has 2 saturated heterocycles. The second-order valence-electron chi connectivity index (χ2n) is 11.4. The van der Waals surface area contributed by atoms with Crippen LogP contribution in [0.3, 0.4) is 0 Å². The second kappa shape index (κ2) is 13.6. The van der Waals surface area contributed by atoms with Gasteiger partial charge in [0.25, 0.3) is 0 Å². The SMILES string of the molecule is C[C@@H]1O[C@@H](OC[C@H]2O[C@@H](OC3(O)Cc4c(O)cc(OCCO)cc4OC3c3ccc(O)c(O)c3)[C@H](O)[C@@H](O)[C@@H]2O)[C@H](O)[C@H](O)[C@H]1O. The molecule has 3 heterocycles. The Morgan fingerprint density at radius 1 is 0.804 bits per heavy atom. The summed E-state index contributed by atoms with van der Waals surface area (Å²) in [5.41, 5.74) is 0.0934. The number of hydrogen-bond donors (Lipinski definition) is 11. The number of fused-ring (bicyclic) bond motifs is 1. The highest BCUT2D eigenvalue weighted by Crippen LogP contribution is 2.48. The van der Waals surface area contributed by atoms with Crippen molar-refractivity contribution in [1.29, 1.82) is 0 Å². The fourth-order valence-corrected chi connectivity index (χ4v) is 5.53. The van der Waals surface area contributed by atoms with Gasteiger partial charge in [0.15, 0.2) is 30.2 Å². The van der Waals surface area contributed by atoms with Crippen LogP contribution in [-0.4, -0.2) is 143 Å². The predicted octanol–water partition coefficient (Wildman–Crippen LogP) is -2.79. The van der Waals surface area contributed by atoms with Crippen molar-refractivity contribution in [2.75, 3.05) is 19.8 Å². The van der Waals surface area contributed by atoms with Crippen molar-refractivity contribution in [3.05, 3.63) is 41.5 Å². The molecule has 0 saturated carbocycles. The Kier molecular flexibility index (Phi) is 10.1. The molecular formula is C29H38O17. The average Bonchev–Trinajstić information content (AvgIpc) is 3.02. The van der Waals surface area contributed by atoms with E-state index in [1.54, 1.807) is 0 Å². The van der Waals surface area contributed by atoms with Crippen molar-refractivity contribution in [1.82, 2.24) is 0 Å². The van der Waals surface area contributed by atoms with Gasteiger partial charge in [0.2, 0.25) is 5.79 Å². The van der Waals surface area contributed by atoms with Gasteiger partial charge in [-0.3, -0.25) is 0 Å². The lowest BCUT2D eigenvalue weighted by Crippen LogP contribution is -2.63. The molecule has 2 aromatic rings. The summed E-state index contributed by atoms with van der Waals surface area (Å²) in [7, 11) is 0. The molecule has 12 atom stereocenters. The number of aliphatic hydroxyl groups is 8. The minimum atomic E-state index is -2.52. The number of phenols is 3. The molecule has 256 valence electrons. The van der Waals surface area contributed by atoms with Crippen molar-refractivity contribution in [3.8, 4) is 28.7 Å². The zero-order valence-corrected chi connectivity index (χ0v) is 24.4. The van der Waals surface area contributed by atoms with E-state index in [0.29, 0.717) is 0 Å². The molecule has 46 heavy (non-hydrogen) atoms. The first-order valence-electron chi connectivity index (χ1n) is 14.4. The van der Waals surface area contributed by atoms with E-state index in [9.17, 15) is 51.1 Å². The Morgan fingerprint density at radius 3 is 2.20 bits per heavy atom. The van der Waals surface area contributed by atoms with Crippen LogP contribution in [0, 0.1) is 0 Å². The molecule has 0 aliphatic carbocycles. The number of benzene rings is 2. The van der Waals surface area contributed by atoms with Crippen LogP contribution < -0.4 is 9.47 Å². The van der Waals surface area contributed by atoms with Gasteiger partial charge in [0.1, 0.15) is 66.6 Å². The second-order valence-corrected chi connectivity index (χ2v) is 11.4. The largest absolute Gasteiger partial charge is 0.507 e. The van der Waals surface area contributed by atoms with E-state index >= 15 is 0 Å². The van der Waals surface area contributed by atoms with Crippen molar-refractivity contribution >= 4 is 0 Å². The maximum Gasteiger partial charge on any atom is 0.214 e. The van der Waals surface area contributed by atoms with Gasteiger partial charge in [-0.15, -0.1) is 0 Å². The molecule has 0 bridgehead atoms. The summed E-state index contributed by atoms with van der Waals surface area (Å²) < 4.78 is 33.8. The van der Waals surface area contributed by atoms with Gasteiger partial charge in [0, 0.05) is 29.7 Å². The lowest BCUT2D eigenvalue weighted by atomic mass is 9.90. The average molecular weight is 659 g/mol. The van der Waals surface area contributed by atoms with E-state index in [2.05, 4.69) is 0 Å². The summed E-state index contributed by atoms with van der Waals surface area (Å²) >= 11 is 0. The molecule has 17 nitrogen and oxygen atoms in total. The highest BCUT2D eigenvalue weighted by Gasteiger charge is 2.53. The summed E-state index contributed by atoms with van der Waals surface area (Å²) in [6, 6.07) is 6.11. The molecule has 11 N–H and O–H groups in total. The normalized spacial score (nSPS) is 37.7. The maximum absolute atomic E-state index is 11.9. The third-order valence-corrected chi connectivity index (χ3v) is 8.13. The van der Waals surface area contributed by atoms with Crippen molar-refractivity contribution in [3.63, 3.8) is 0 Å². The first-order valence-corrected chi connectivity index (χ1v) is 14.4. The third kappa shape index (κ3) is 6.68.